The molecule has 0 aliphatic carbocycles. The Morgan fingerprint density at radius 3 is 2.39 bits per heavy atom. The van der Waals surface area contributed by atoms with Crippen LogP contribution in [0.25, 0.3) is 0 Å². The van der Waals surface area contributed by atoms with E-state index >= 15 is 0 Å². The monoisotopic (exact) mass is 325 g/mol. The number of urea groups is 1. The molecule has 1 aromatic carbocycles. The highest BCUT2D eigenvalue weighted by Gasteiger charge is 2.29. The van der Waals surface area contributed by atoms with Crippen molar-refractivity contribution in [2.75, 3.05) is 19.6 Å². The zero-order valence-electron chi connectivity index (χ0n) is 12.6. The molecule has 1 fully saturated rings. The lowest BCUT2D eigenvalue weighted by Gasteiger charge is -2.29. The zero-order valence-corrected chi connectivity index (χ0v) is 12.6. The van der Waals surface area contributed by atoms with Gasteiger partial charge in [0.1, 0.15) is 0 Å². The maximum absolute atomic E-state index is 12.5. The molecule has 0 saturated carbocycles. The van der Waals surface area contributed by atoms with Gasteiger partial charge in [-0.05, 0) is 37.0 Å². The van der Waals surface area contributed by atoms with E-state index in [9.17, 15) is 18.0 Å². The van der Waals surface area contributed by atoms with Crippen LogP contribution in [0.1, 0.15) is 24.0 Å². The maximum atomic E-state index is 12.5. The highest BCUT2D eigenvalue weighted by atomic mass is 19.4. The minimum absolute atomic E-state index is 0.0196. The number of alkyl halides is 3. The molecular formula is C16H18F3N3O. The fourth-order valence-electron chi connectivity index (χ4n) is 2.50. The number of benzene rings is 1. The Morgan fingerprint density at radius 2 is 1.87 bits per heavy atom. The third-order valence-electron chi connectivity index (χ3n) is 3.94. The van der Waals surface area contributed by atoms with Crippen molar-refractivity contribution in [3.8, 4) is 6.07 Å². The van der Waals surface area contributed by atoms with Crippen molar-refractivity contribution in [2.45, 2.75) is 25.4 Å². The normalized spacial score (nSPS) is 16.0. The number of nitrogens with one attached hydrogen (secondary N) is 1. The molecule has 1 N–H and O–H groups in total. The van der Waals surface area contributed by atoms with E-state index < -0.39 is 11.7 Å². The Balaban J connectivity index is 1.75. The highest BCUT2D eigenvalue weighted by molar-refractivity contribution is 5.74. The van der Waals surface area contributed by atoms with Gasteiger partial charge in [0.25, 0.3) is 0 Å². The van der Waals surface area contributed by atoms with Crippen molar-refractivity contribution >= 4 is 6.03 Å². The second-order valence-electron chi connectivity index (χ2n) is 5.57. The lowest BCUT2D eigenvalue weighted by Crippen LogP contribution is -2.44. The molecule has 23 heavy (non-hydrogen) atoms. The number of halogens is 3. The summed E-state index contributed by atoms with van der Waals surface area (Å²) in [5.41, 5.74) is 0.0622. The number of hydrogen-bond donors (Lipinski definition) is 1. The summed E-state index contributed by atoms with van der Waals surface area (Å²) in [5, 5.41) is 11.6. The number of carbonyl (C=O) groups excluding carboxylic acids is 1. The number of rotatable bonds is 3. The van der Waals surface area contributed by atoms with Crippen molar-refractivity contribution in [2.24, 2.45) is 5.92 Å². The fraction of sp³-hybridized carbons (Fsp3) is 0.500. The van der Waals surface area contributed by atoms with Crippen LogP contribution in [0.5, 0.6) is 0 Å². The summed E-state index contributed by atoms with van der Waals surface area (Å²) in [4.78, 5) is 13.6. The molecule has 1 aromatic rings. The molecule has 0 spiro atoms. The largest absolute Gasteiger partial charge is 0.416 e. The molecule has 0 atom stereocenters. The molecular weight excluding hydrogens is 307 g/mol. The summed E-state index contributed by atoms with van der Waals surface area (Å²) >= 11 is 0. The van der Waals surface area contributed by atoms with Gasteiger partial charge in [0.2, 0.25) is 0 Å². The molecule has 0 bridgehead atoms. The Kier molecular flexibility index (Phi) is 5.48. The van der Waals surface area contributed by atoms with Crippen molar-refractivity contribution < 1.29 is 18.0 Å². The first-order valence-electron chi connectivity index (χ1n) is 7.48. The summed E-state index contributed by atoms with van der Waals surface area (Å²) in [7, 11) is 0. The Hall–Kier alpha value is -2.23. The molecule has 0 unspecified atom stereocenters. The number of piperidine rings is 1. The van der Waals surface area contributed by atoms with Crippen LogP contribution >= 0.6 is 0 Å². The lowest BCUT2D eigenvalue weighted by molar-refractivity contribution is -0.137. The van der Waals surface area contributed by atoms with Crippen LogP contribution in [0.15, 0.2) is 24.3 Å². The van der Waals surface area contributed by atoms with Crippen LogP contribution in [0.3, 0.4) is 0 Å². The van der Waals surface area contributed by atoms with Gasteiger partial charge >= 0.3 is 12.2 Å². The molecule has 4 nitrogen and oxygen atoms in total. The SMILES string of the molecule is N#CC1CCN(C(=O)NCCc2ccc(C(F)(F)F)cc2)CC1. The van der Waals surface area contributed by atoms with E-state index in [1.165, 1.54) is 12.1 Å². The Bertz CT molecular complexity index is 570. The smallest absolute Gasteiger partial charge is 0.338 e. The highest BCUT2D eigenvalue weighted by Crippen LogP contribution is 2.29. The van der Waals surface area contributed by atoms with Crippen LogP contribution in [0.2, 0.25) is 0 Å². The second kappa shape index (κ2) is 7.36. The zero-order chi connectivity index (χ0) is 16.9. The van der Waals surface area contributed by atoms with Crippen LogP contribution in [0.4, 0.5) is 18.0 Å². The van der Waals surface area contributed by atoms with Crippen LogP contribution < -0.4 is 5.32 Å². The molecule has 2 amide bonds. The average Bonchev–Trinajstić information content (AvgIpc) is 2.54. The van der Waals surface area contributed by atoms with Gasteiger partial charge in [0.15, 0.2) is 0 Å². The van der Waals surface area contributed by atoms with E-state index in [4.69, 9.17) is 5.26 Å². The van der Waals surface area contributed by atoms with E-state index in [0.29, 0.717) is 38.9 Å². The molecule has 7 heteroatoms. The number of likely N-dealkylation sites (tertiary alicyclic amines) is 1. The predicted molar refractivity (Wildman–Crippen MR) is 78.5 cm³/mol. The molecule has 0 radical (unpaired) electrons. The van der Waals surface area contributed by atoms with E-state index in [-0.39, 0.29) is 11.9 Å². The first-order valence-corrected chi connectivity index (χ1v) is 7.48. The molecule has 1 heterocycles. The van der Waals surface area contributed by atoms with Crippen molar-refractivity contribution in [3.63, 3.8) is 0 Å². The summed E-state index contributed by atoms with van der Waals surface area (Å²) in [6, 6.07) is 6.96. The fourth-order valence-corrected chi connectivity index (χ4v) is 2.50. The van der Waals surface area contributed by atoms with Gasteiger partial charge in [0.05, 0.1) is 11.6 Å². The number of hydrogen-bond acceptors (Lipinski definition) is 2. The van der Waals surface area contributed by atoms with Crippen molar-refractivity contribution in [3.05, 3.63) is 35.4 Å². The molecule has 0 aromatic heterocycles. The van der Waals surface area contributed by atoms with Gasteiger partial charge in [-0.1, -0.05) is 12.1 Å². The number of carbonyl (C=O) groups is 1. The van der Waals surface area contributed by atoms with Crippen LogP contribution in [-0.2, 0) is 12.6 Å². The van der Waals surface area contributed by atoms with Gasteiger partial charge in [-0.15, -0.1) is 0 Å². The topological polar surface area (TPSA) is 56.1 Å². The molecule has 124 valence electrons. The van der Waals surface area contributed by atoms with E-state index in [2.05, 4.69) is 11.4 Å². The number of nitrogens with zero attached hydrogens (tertiary/aromatic N) is 2. The summed E-state index contributed by atoms with van der Waals surface area (Å²) < 4.78 is 37.4. The quantitative estimate of drug-likeness (QED) is 0.928. The first-order chi connectivity index (χ1) is 10.9. The lowest BCUT2D eigenvalue weighted by atomic mass is 9.99. The van der Waals surface area contributed by atoms with Gasteiger partial charge in [-0.25, -0.2) is 4.79 Å². The van der Waals surface area contributed by atoms with Gasteiger partial charge in [-0.3, -0.25) is 0 Å². The minimum atomic E-state index is -4.33. The maximum Gasteiger partial charge on any atom is 0.416 e. The Morgan fingerprint density at radius 1 is 1.26 bits per heavy atom. The first kappa shape index (κ1) is 17.1. The number of amides is 2. The standard InChI is InChI=1S/C16H18F3N3O/c17-16(18,19)14-3-1-12(2-4-14)5-8-21-15(23)22-9-6-13(11-20)7-10-22/h1-4,13H,5-10H2,(H,21,23). The van der Waals surface area contributed by atoms with Crippen molar-refractivity contribution in [1.29, 1.82) is 5.26 Å². The molecule has 1 aliphatic heterocycles. The summed E-state index contributed by atoms with van der Waals surface area (Å²) in [5.74, 6) is 0.0196. The third-order valence-corrected chi connectivity index (χ3v) is 3.94. The van der Waals surface area contributed by atoms with Gasteiger partial charge in [0, 0.05) is 25.6 Å². The molecule has 1 aliphatic rings. The molecule has 1 saturated heterocycles. The van der Waals surface area contributed by atoms with Crippen LogP contribution in [-0.4, -0.2) is 30.6 Å². The minimum Gasteiger partial charge on any atom is -0.338 e. The van der Waals surface area contributed by atoms with Gasteiger partial charge < -0.3 is 10.2 Å². The van der Waals surface area contributed by atoms with E-state index in [0.717, 1.165) is 17.7 Å². The predicted octanol–water partition coefficient (Wildman–Crippen LogP) is 3.19. The van der Waals surface area contributed by atoms with Crippen molar-refractivity contribution in [1.82, 2.24) is 10.2 Å². The summed E-state index contributed by atoms with van der Waals surface area (Å²) in [6.45, 7) is 1.48. The van der Waals surface area contributed by atoms with E-state index in [1.54, 1.807) is 4.90 Å². The summed E-state index contributed by atoms with van der Waals surface area (Å²) in [6.07, 6.45) is -2.49. The Labute approximate surface area is 132 Å². The third kappa shape index (κ3) is 4.88. The second-order valence-corrected chi connectivity index (χ2v) is 5.57. The average molecular weight is 325 g/mol. The number of nitriles is 1. The van der Waals surface area contributed by atoms with E-state index in [1.807, 2.05) is 0 Å². The van der Waals surface area contributed by atoms with Gasteiger partial charge in [-0.2, -0.15) is 18.4 Å². The molecule has 2 rings (SSSR count). The van der Waals surface area contributed by atoms with Crippen LogP contribution in [0, 0.1) is 17.2 Å².